The smallest absolute Gasteiger partial charge is 0.352 e. The van der Waals surface area contributed by atoms with E-state index in [1.54, 1.807) is 13.1 Å². The first-order valence-corrected chi connectivity index (χ1v) is 11.7. The van der Waals surface area contributed by atoms with Gasteiger partial charge in [-0.3, -0.25) is 19.5 Å². The van der Waals surface area contributed by atoms with Gasteiger partial charge in [0.05, 0.1) is 5.69 Å². The second kappa shape index (κ2) is 9.68. The van der Waals surface area contributed by atoms with Crippen LogP contribution in [0.15, 0.2) is 39.9 Å². The lowest BCUT2D eigenvalue weighted by Gasteiger charge is -2.49. The second-order valence-electron chi connectivity index (χ2n) is 7.09. The van der Waals surface area contributed by atoms with E-state index in [1.165, 1.54) is 52.5 Å². The number of aryl methyl sites for hydroxylation is 1. The number of carbonyl (C=O) groups excluding carboxylic acids is 2. The van der Waals surface area contributed by atoms with Gasteiger partial charge < -0.3 is 21.0 Å². The molecule has 178 valence electrons. The number of pyridine rings is 1. The number of oxime groups is 1. The van der Waals surface area contributed by atoms with Crippen LogP contribution < -0.4 is 11.1 Å². The predicted octanol–water partition coefficient (Wildman–Crippen LogP) is -0.931. The Kier molecular flexibility index (Phi) is 6.69. The average Bonchev–Trinajstić information content (AvgIpc) is 3.23. The highest BCUT2D eigenvalue weighted by Crippen LogP contribution is 2.41. The molecule has 0 bridgehead atoms. The first kappa shape index (κ1) is 23.5. The van der Waals surface area contributed by atoms with Crippen molar-refractivity contribution in [1.29, 1.82) is 0 Å². The largest absolute Gasteiger partial charge is 0.477 e. The molecule has 0 aromatic carbocycles. The van der Waals surface area contributed by atoms with Crippen LogP contribution in [0.25, 0.3) is 0 Å². The van der Waals surface area contributed by atoms with Crippen molar-refractivity contribution in [2.24, 2.45) is 12.2 Å². The fourth-order valence-electron chi connectivity index (χ4n) is 3.37. The maximum absolute atomic E-state index is 12.9. The number of tetrazole rings is 1. The fourth-order valence-corrected chi connectivity index (χ4v) is 5.71. The van der Waals surface area contributed by atoms with E-state index in [1.807, 2.05) is 0 Å². The molecule has 16 heteroatoms. The molecule has 14 nitrogen and oxygen atoms in total. The first-order valence-electron chi connectivity index (χ1n) is 9.71. The first-order chi connectivity index (χ1) is 16.3. The van der Waals surface area contributed by atoms with E-state index in [-0.39, 0.29) is 17.1 Å². The highest BCUT2D eigenvalue weighted by Gasteiger charge is 2.54. The van der Waals surface area contributed by atoms with Gasteiger partial charge in [-0.1, -0.05) is 16.9 Å². The van der Waals surface area contributed by atoms with E-state index in [4.69, 9.17) is 10.6 Å². The lowest BCUT2D eigenvalue weighted by molar-refractivity contribution is -0.150. The molecule has 1 saturated heterocycles. The number of hydrogen-bond donors (Lipinski definition) is 3. The maximum atomic E-state index is 12.9. The Morgan fingerprint density at radius 2 is 2.26 bits per heavy atom. The number of thioether (sulfide) groups is 2. The number of fused-ring (bicyclic) bond motifs is 1. The van der Waals surface area contributed by atoms with Crippen molar-refractivity contribution in [3.63, 3.8) is 0 Å². The zero-order valence-electron chi connectivity index (χ0n) is 17.9. The Balaban J connectivity index is 1.50. The number of rotatable bonds is 8. The number of β-lactam (4-membered cyclic amide) rings is 1. The van der Waals surface area contributed by atoms with Crippen LogP contribution in [0, 0.1) is 0 Å². The van der Waals surface area contributed by atoms with Gasteiger partial charge in [-0.25, -0.2) is 9.48 Å². The molecular formula is C18H19N9O5S2. The van der Waals surface area contributed by atoms with Crippen molar-refractivity contribution in [3.8, 4) is 0 Å². The van der Waals surface area contributed by atoms with Crippen LogP contribution in [0.3, 0.4) is 0 Å². The molecule has 2 atom stereocenters. The number of carboxylic acids is 1. The molecule has 34 heavy (non-hydrogen) atoms. The highest BCUT2D eigenvalue weighted by atomic mass is 32.2. The summed E-state index contributed by atoms with van der Waals surface area (Å²) in [5.74, 6) is -1.81. The minimum absolute atomic E-state index is 0.0924. The number of hydrogen-bond acceptors (Lipinski definition) is 12. The third kappa shape index (κ3) is 4.41. The number of amides is 2. The zero-order valence-corrected chi connectivity index (χ0v) is 19.5. The van der Waals surface area contributed by atoms with Gasteiger partial charge in [0.1, 0.15) is 24.2 Å². The van der Waals surface area contributed by atoms with Crippen LogP contribution in [0.1, 0.15) is 5.69 Å². The second-order valence-corrected chi connectivity index (χ2v) is 9.14. The standard InChI is InChI=1S/C18H19N9O5S2/c1-26-18(22-24-25-26)34-7-8-6-33-16-12(15(29)27(16)13(8)17(30)31)21-14(28)11(23-32-2)10-5-9(19)3-4-20-10/h3-5,12,16H,6-7H2,1-2H3,(H2,19,20)(H,21,28)(H,30,31)/b23-11+. The van der Waals surface area contributed by atoms with Crippen molar-refractivity contribution in [3.05, 3.63) is 35.3 Å². The number of aliphatic carboxylic acids is 1. The number of nitrogen functional groups attached to an aromatic ring is 1. The van der Waals surface area contributed by atoms with E-state index in [0.717, 1.165) is 0 Å². The summed E-state index contributed by atoms with van der Waals surface area (Å²) in [6.07, 6.45) is 1.41. The number of carbonyl (C=O) groups is 3. The lowest BCUT2D eigenvalue weighted by Crippen LogP contribution is -2.71. The van der Waals surface area contributed by atoms with Gasteiger partial charge >= 0.3 is 5.97 Å². The molecule has 0 spiro atoms. The monoisotopic (exact) mass is 505 g/mol. The minimum Gasteiger partial charge on any atom is -0.477 e. The Bertz CT molecular complexity index is 1210. The third-order valence-electron chi connectivity index (χ3n) is 4.92. The molecular weight excluding hydrogens is 486 g/mol. The Morgan fingerprint density at radius 3 is 2.91 bits per heavy atom. The normalized spacial score (nSPS) is 20.0. The summed E-state index contributed by atoms with van der Waals surface area (Å²) in [5, 5.41) is 27.2. The molecule has 1 fully saturated rings. The van der Waals surface area contributed by atoms with Crippen molar-refractivity contribution in [2.45, 2.75) is 16.6 Å². The summed E-state index contributed by atoms with van der Waals surface area (Å²) in [6, 6.07) is 2.06. The van der Waals surface area contributed by atoms with Gasteiger partial charge in [-0.2, -0.15) is 0 Å². The molecule has 4 N–H and O–H groups in total. The Hall–Kier alpha value is -3.66. The Morgan fingerprint density at radius 1 is 1.47 bits per heavy atom. The summed E-state index contributed by atoms with van der Waals surface area (Å²) >= 11 is 2.62. The summed E-state index contributed by atoms with van der Waals surface area (Å²) in [6.45, 7) is 0. The van der Waals surface area contributed by atoms with Crippen LogP contribution in [-0.2, 0) is 26.3 Å². The number of carboxylic acid groups (broad SMARTS) is 1. The molecule has 4 heterocycles. The van der Waals surface area contributed by atoms with Gasteiger partial charge in [0.25, 0.3) is 11.8 Å². The molecule has 2 aromatic rings. The molecule has 0 aliphatic carbocycles. The van der Waals surface area contributed by atoms with E-state index >= 15 is 0 Å². The molecule has 2 aliphatic heterocycles. The van der Waals surface area contributed by atoms with Crippen molar-refractivity contribution >= 4 is 52.7 Å². The topological polar surface area (TPSA) is 191 Å². The Labute approximate surface area is 201 Å². The molecule has 4 rings (SSSR count). The third-order valence-corrected chi connectivity index (χ3v) is 7.35. The average molecular weight is 506 g/mol. The summed E-state index contributed by atoms with van der Waals surface area (Å²) in [5.41, 5.74) is 6.60. The number of nitrogens with two attached hydrogens (primary N) is 1. The number of aromatic nitrogens is 5. The SMILES string of the molecule is CO/N=C(/C(=O)NC1C(=O)N2C(C(=O)O)=C(CSc3nnnn3C)CSC12)c1cc(N)ccn1. The van der Waals surface area contributed by atoms with E-state index in [2.05, 4.69) is 31.0 Å². The molecule has 2 unspecified atom stereocenters. The fraction of sp³-hybridized carbons (Fsp3) is 0.333. The van der Waals surface area contributed by atoms with E-state index in [0.29, 0.717) is 27.9 Å². The molecule has 0 radical (unpaired) electrons. The van der Waals surface area contributed by atoms with E-state index < -0.39 is 29.2 Å². The van der Waals surface area contributed by atoms with Crippen LogP contribution in [0.4, 0.5) is 5.69 Å². The van der Waals surface area contributed by atoms with Crippen molar-refractivity contribution in [2.75, 3.05) is 24.3 Å². The van der Waals surface area contributed by atoms with E-state index in [9.17, 15) is 19.5 Å². The van der Waals surface area contributed by atoms with Crippen molar-refractivity contribution in [1.82, 2.24) is 35.4 Å². The number of anilines is 1. The summed E-state index contributed by atoms with van der Waals surface area (Å²) < 4.78 is 1.47. The molecule has 2 aromatic heterocycles. The highest BCUT2D eigenvalue weighted by molar-refractivity contribution is 8.01. The van der Waals surface area contributed by atoms with Crippen LogP contribution >= 0.6 is 23.5 Å². The molecule has 0 saturated carbocycles. The number of nitrogens with one attached hydrogen (secondary N) is 1. The maximum Gasteiger partial charge on any atom is 0.352 e. The van der Waals surface area contributed by atoms with Crippen molar-refractivity contribution < 1.29 is 24.3 Å². The molecule has 2 aliphatic rings. The van der Waals surface area contributed by atoms with Crippen LogP contribution in [0.5, 0.6) is 0 Å². The van der Waals surface area contributed by atoms with Gasteiger partial charge in [0.15, 0.2) is 5.71 Å². The number of nitrogens with zero attached hydrogens (tertiary/aromatic N) is 7. The van der Waals surface area contributed by atoms with Crippen LogP contribution in [-0.4, -0.2) is 88.7 Å². The summed E-state index contributed by atoms with van der Waals surface area (Å²) in [7, 11) is 2.94. The quantitative estimate of drug-likeness (QED) is 0.173. The lowest BCUT2D eigenvalue weighted by atomic mass is 10.0. The van der Waals surface area contributed by atoms with Gasteiger partial charge in [-0.05, 0) is 28.1 Å². The zero-order chi connectivity index (χ0) is 24.4. The summed E-state index contributed by atoms with van der Waals surface area (Å²) in [4.78, 5) is 47.8. The molecule has 2 amide bonds. The van der Waals surface area contributed by atoms with Gasteiger partial charge in [0.2, 0.25) is 5.16 Å². The van der Waals surface area contributed by atoms with Gasteiger partial charge in [0, 0.05) is 30.4 Å². The predicted molar refractivity (Wildman–Crippen MR) is 121 cm³/mol. The minimum atomic E-state index is -1.22. The van der Waals surface area contributed by atoms with Gasteiger partial charge in [-0.15, -0.1) is 16.9 Å². The van der Waals surface area contributed by atoms with Crippen LogP contribution in [0.2, 0.25) is 0 Å².